The van der Waals surface area contributed by atoms with Gasteiger partial charge < -0.3 is 10.3 Å². The van der Waals surface area contributed by atoms with Crippen LogP contribution in [0.25, 0.3) is 11.4 Å². The number of carbonyl (C=O) groups excluding carboxylic acids is 1. The lowest BCUT2D eigenvalue weighted by molar-refractivity contribution is -0.120. The second kappa shape index (κ2) is 7.04. The Morgan fingerprint density at radius 1 is 1.46 bits per heavy atom. The largest absolute Gasteiger partial charge is 0.360 e. The summed E-state index contributed by atoms with van der Waals surface area (Å²) in [6.45, 7) is 2.44. The molecule has 0 radical (unpaired) electrons. The number of anilines is 1. The van der Waals surface area contributed by atoms with Gasteiger partial charge in [0.2, 0.25) is 15.9 Å². The average Bonchev–Trinajstić information content (AvgIpc) is 3.26. The molecule has 0 aromatic carbocycles. The maximum Gasteiger partial charge on any atom is 0.229 e. The van der Waals surface area contributed by atoms with Gasteiger partial charge in [-0.1, -0.05) is 0 Å². The van der Waals surface area contributed by atoms with E-state index in [0.717, 1.165) is 11.4 Å². The third-order valence-electron chi connectivity index (χ3n) is 4.19. The van der Waals surface area contributed by atoms with Crippen LogP contribution in [-0.2, 0) is 14.8 Å². The third-order valence-corrected chi connectivity index (χ3v) is 6.83. The van der Waals surface area contributed by atoms with Crippen molar-refractivity contribution in [1.29, 1.82) is 0 Å². The number of nitrogens with one attached hydrogen (secondary N) is 2. The van der Waals surface area contributed by atoms with Crippen molar-refractivity contribution >= 4 is 32.4 Å². The van der Waals surface area contributed by atoms with Crippen molar-refractivity contribution in [3.63, 3.8) is 0 Å². The zero-order chi connectivity index (χ0) is 17.2. The first-order valence-corrected chi connectivity index (χ1v) is 10.4. The lowest BCUT2D eigenvalue weighted by atomic mass is 9.97. The van der Waals surface area contributed by atoms with Gasteiger partial charge >= 0.3 is 0 Å². The molecular formula is C15H20N4O3S2. The van der Waals surface area contributed by atoms with Crippen molar-refractivity contribution in [1.82, 2.24) is 14.3 Å². The topological polar surface area (TPSA) is 95.2 Å². The molecule has 24 heavy (non-hydrogen) atoms. The predicted octanol–water partition coefficient (Wildman–Crippen LogP) is 2.14. The highest BCUT2D eigenvalue weighted by Gasteiger charge is 2.30. The first kappa shape index (κ1) is 17.1. The SMILES string of the molecule is CCS(=O)(=O)N1CCC(C(=O)Nc2nc(-c3ccc[nH]3)cs2)CC1. The molecule has 3 heterocycles. The summed E-state index contributed by atoms with van der Waals surface area (Å²) in [6.07, 6.45) is 2.91. The monoisotopic (exact) mass is 368 g/mol. The van der Waals surface area contributed by atoms with Gasteiger partial charge in [-0.15, -0.1) is 11.3 Å². The van der Waals surface area contributed by atoms with Gasteiger partial charge in [0.25, 0.3) is 0 Å². The van der Waals surface area contributed by atoms with Crippen LogP contribution in [0.15, 0.2) is 23.7 Å². The number of H-pyrrole nitrogens is 1. The van der Waals surface area contributed by atoms with Crippen LogP contribution < -0.4 is 5.32 Å². The molecule has 9 heteroatoms. The Morgan fingerprint density at radius 3 is 2.83 bits per heavy atom. The standard InChI is InChI=1S/C15H20N4O3S2/c1-2-24(21,22)19-8-5-11(6-9-19)14(20)18-15-17-13(10-23-15)12-4-3-7-16-12/h3-4,7,10-11,16H,2,5-6,8-9H2,1H3,(H,17,18,20). The van der Waals surface area contributed by atoms with Crippen molar-refractivity contribution in [2.45, 2.75) is 19.8 Å². The summed E-state index contributed by atoms with van der Waals surface area (Å²) in [6, 6.07) is 3.82. The van der Waals surface area contributed by atoms with E-state index in [1.165, 1.54) is 15.6 Å². The number of nitrogens with zero attached hydrogens (tertiary/aromatic N) is 2. The number of sulfonamides is 1. The first-order valence-electron chi connectivity index (χ1n) is 7.87. The van der Waals surface area contributed by atoms with E-state index < -0.39 is 10.0 Å². The summed E-state index contributed by atoms with van der Waals surface area (Å²) in [5.74, 6) is -0.160. The van der Waals surface area contributed by atoms with E-state index in [-0.39, 0.29) is 17.6 Å². The highest BCUT2D eigenvalue weighted by atomic mass is 32.2. The molecule has 2 aromatic rings. The van der Waals surface area contributed by atoms with E-state index in [4.69, 9.17) is 0 Å². The quantitative estimate of drug-likeness (QED) is 0.845. The number of carbonyl (C=O) groups is 1. The second-order valence-electron chi connectivity index (χ2n) is 5.68. The van der Waals surface area contributed by atoms with Crippen LogP contribution in [0.4, 0.5) is 5.13 Å². The van der Waals surface area contributed by atoms with Gasteiger partial charge in [-0.2, -0.15) is 0 Å². The molecule has 0 spiro atoms. The van der Waals surface area contributed by atoms with Crippen molar-refractivity contribution in [2.24, 2.45) is 5.92 Å². The molecule has 7 nitrogen and oxygen atoms in total. The van der Waals surface area contributed by atoms with Crippen molar-refractivity contribution in [3.05, 3.63) is 23.7 Å². The van der Waals surface area contributed by atoms with Gasteiger partial charge in [0, 0.05) is 30.6 Å². The Morgan fingerprint density at radius 2 is 2.21 bits per heavy atom. The molecular weight excluding hydrogens is 348 g/mol. The molecule has 3 rings (SSSR count). The first-order chi connectivity index (χ1) is 11.5. The molecule has 2 aromatic heterocycles. The number of amides is 1. The molecule has 0 bridgehead atoms. The van der Waals surface area contributed by atoms with Gasteiger partial charge in [0.1, 0.15) is 0 Å². The Labute approximate surface area is 145 Å². The molecule has 0 saturated carbocycles. The Hall–Kier alpha value is -1.71. The van der Waals surface area contributed by atoms with Gasteiger partial charge in [-0.3, -0.25) is 4.79 Å². The Bertz CT molecular complexity index is 791. The zero-order valence-electron chi connectivity index (χ0n) is 13.4. The van der Waals surface area contributed by atoms with Gasteiger partial charge in [-0.25, -0.2) is 17.7 Å². The van der Waals surface area contributed by atoms with E-state index in [2.05, 4.69) is 15.3 Å². The van der Waals surface area contributed by atoms with E-state index in [1.807, 2.05) is 23.7 Å². The third kappa shape index (κ3) is 3.68. The Balaban J connectivity index is 1.57. The summed E-state index contributed by atoms with van der Waals surface area (Å²) in [4.78, 5) is 19.8. The van der Waals surface area contributed by atoms with Crippen LogP contribution in [0.5, 0.6) is 0 Å². The van der Waals surface area contributed by atoms with Gasteiger partial charge in [0.05, 0.1) is 17.1 Å². The predicted molar refractivity (Wildman–Crippen MR) is 94.3 cm³/mol. The second-order valence-corrected chi connectivity index (χ2v) is 8.80. The fourth-order valence-electron chi connectivity index (χ4n) is 2.73. The Kier molecular flexibility index (Phi) is 5.02. The minimum Gasteiger partial charge on any atom is -0.360 e. The lowest BCUT2D eigenvalue weighted by Crippen LogP contribution is -2.42. The van der Waals surface area contributed by atoms with E-state index >= 15 is 0 Å². The van der Waals surface area contributed by atoms with Crippen LogP contribution in [0.3, 0.4) is 0 Å². The molecule has 1 saturated heterocycles. The lowest BCUT2D eigenvalue weighted by Gasteiger charge is -2.30. The van der Waals surface area contributed by atoms with E-state index in [0.29, 0.717) is 31.1 Å². The van der Waals surface area contributed by atoms with Gasteiger partial charge in [-0.05, 0) is 31.9 Å². The summed E-state index contributed by atoms with van der Waals surface area (Å²) < 4.78 is 25.2. The number of hydrogen-bond acceptors (Lipinski definition) is 5. The fraction of sp³-hybridized carbons (Fsp3) is 0.467. The average molecular weight is 368 g/mol. The number of thiazole rings is 1. The van der Waals surface area contributed by atoms with Crippen molar-refractivity contribution < 1.29 is 13.2 Å². The number of rotatable bonds is 5. The number of hydrogen-bond donors (Lipinski definition) is 2. The number of aromatic nitrogens is 2. The normalized spacial score (nSPS) is 17.0. The van der Waals surface area contributed by atoms with Crippen LogP contribution in [0.2, 0.25) is 0 Å². The minimum atomic E-state index is -3.16. The van der Waals surface area contributed by atoms with Crippen LogP contribution in [0.1, 0.15) is 19.8 Å². The number of piperidine rings is 1. The summed E-state index contributed by atoms with van der Waals surface area (Å²) in [7, 11) is -3.16. The molecule has 130 valence electrons. The zero-order valence-corrected chi connectivity index (χ0v) is 15.0. The highest BCUT2D eigenvalue weighted by Crippen LogP contribution is 2.26. The fourth-order valence-corrected chi connectivity index (χ4v) is 4.58. The van der Waals surface area contributed by atoms with Crippen LogP contribution >= 0.6 is 11.3 Å². The smallest absolute Gasteiger partial charge is 0.229 e. The number of aromatic amines is 1. The molecule has 1 aliphatic heterocycles. The molecule has 0 unspecified atom stereocenters. The molecule has 1 aliphatic rings. The van der Waals surface area contributed by atoms with E-state index in [9.17, 15) is 13.2 Å². The van der Waals surface area contributed by atoms with Crippen molar-refractivity contribution in [2.75, 3.05) is 24.2 Å². The van der Waals surface area contributed by atoms with E-state index in [1.54, 1.807) is 6.92 Å². The minimum absolute atomic E-state index is 0.0871. The highest BCUT2D eigenvalue weighted by molar-refractivity contribution is 7.89. The molecule has 1 amide bonds. The van der Waals surface area contributed by atoms with Gasteiger partial charge in [0.15, 0.2) is 5.13 Å². The van der Waals surface area contributed by atoms with Crippen LogP contribution in [-0.4, -0.2) is 47.4 Å². The maximum atomic E-state index is 12.4. The summed E-state index contributed by atoms with van der Waals surface area (Å²) >= 11 is 1.38. The van der Waals surface area contributed by atoms with Crippen LogP contribution in [0, 0.1) is 5.92 Å². The molecule has 0 aliphatic carbocycles. The maximum absolute atomic E-state index is 12.4. The summed E-state index contributed by atoms with van der Waals surface area (Å²) in [5, 5.41) is 5.30. The summed E-state index contributed by atoms with van der Waals surface area (Å²) in [5.41, 5.74) is 1.70. The molecule has 1 fully saturated rings. The molecule has 2 N–H and O–H groups in total. The molecule has 0 atom stereocenters. The van der Waals surface area contributed by atoms with Crippen molar-refractivity contribution in [3.8, 4) is 11.4 Å².